The van der Waals surface area contributed by atoms with Crippen molar-refractivity contribution in [3.8, 4) is 0 Å². The third-order valence-electron chi connectivity index (χ3n) is 6.11. The molecule has 1 N–H and O–H groups in total. The van der Waals surface area contributed by atoms with E-state index in [2.05, 4.69) is 12.2 Å². The number of benzene rings is 1. The zero-order valence-electron chi connectivity index (χ0n) is 22.0. The van der Waals surface area contributed by atoms with Crippen LogP contribution in [0.3, 0.4) is 0 Å². The summed E-state index contributed by atoms with van der Waals surface area (Å²) in [6.45, 7) is 6.82. The van der Waals surface area contributed by atoms with Crippen molar-refractivity contribution < 1.29 is 28.7 Å². The van der Waals surface area contributed by atoms with Crippen LogP contribution >= 0.6 is 0 Å². The van der Waals surface area contributed by atoms with E-state index in [1.165, 1.54) is 40.0 Å². The second kappa shape index (κ2) is 16.8. The topological polar surface area (TPSA) is 98.8 Å². The summed E-state index contributed by atoms with van der Waals surface area (Å²) in [5.74, 6) is -0.703. The minimum atomic E-state index is -0.603. The van der Waals surface area contributed by atoms with Gasteiger partial charge in [0.15, 0.2) is 5.78 Å². The fraction of sp³-hybridized carbons (Fsp3) is 0.643. The lowest BCUT2D eigenvalue weighted by Crippen LogP contribution is -2.49. The van der Waals surface area contributed by atoms with E-state index < -0.39 is 5.54 Å². The number of nitrogens with one attached hydrogen (secondary N) is 1. The maximum atomic E-state index is 12.5. The molecule has 7 heteroatoms. The van der Waals surface area contributed by atoms with Crippen molar-refractivity contribution in [3.63, 3.8) is 0 Å². The average molecular weight is 490 g/mol. The number of ether oxygens (including phenoxy) is 2. The van der Waals surface area contributed by atoms with E-state index in [0.717, 1.165) is 24.0 Å². The van der Waals surface area contributed by atoms with Gasteiger partial charge in [0.05, 0.1) is 13.2 Å². The van der Waals surface area contributed by atoms with Crippen molar-refractivity contribution in [3.05, 3.63) is 35.4 Å². The lowest BCUT2D eigenvalue weighted by molar-refractivity contribution is -0.143. The number of hydrogen-bond acceptors (Lipinski definition) is 6. The van der Waals surface area contributed by atoms with Crippen LogP contribution in [-0.2, 0) is 30.3 Å². The first-order valence-electron chi connectivity index (χ1n) is 12.8. The summed E-state index contributed by atoms with van der Waals surface area (Å²) in [7, 11) is 0. The Morgan fingerprint density at radius 1 is 0.771 bits per heavy atom. The summed E-state index contributed by atoms with van der Waals surface area (Å²) in [5.41, 5.74) is 1.19. The highest BCUT2D eigenvalue weighted by Gasteiger charge is 2.30. The Hall–Kier alpha value is -2.70. The fourth-order valence-corrected chi connectivity index (χ4v) is 4.23. The summed E-state index contributed by atoms with van der Waals surface area (Å²) >= 11 is 0. The van der Waals surface area contributed by atoms with Crippen LogP contribution in [0.2, 0.25) is 0 Å². The Morgan fingerprint density at radius 2 is 1.40 bits per heavy atom. The number of amides is 1. The van der Waals surface area contributed by atoms with E-state index in [1.54, 1.807) is 0 Å². The largest absolute Gasteiger partial charge is 0.466 e. The third-order valence-corrected chi connectivity index (χ3v) is 6.11. The van der Waals surface area contributed by atoms with Gasteiger partial charge in [-0.05, 0) is 37.7 Å². The molecule has 0 saturated heterocycles. The predicted octanol–water partition coefficient (Wildman–Crippen LogP) is 5.33. The van der Waals surface area contributed by atoms with Crippen molar-refractivity contribution in [2.75, 3.05) is 13.2 Å². The van der Waals surface area contributed by atoms with Crippen LogP contribution in [0.1, 0.15) is 108 Å². The molecule has 1 aromatic carbocycles. The molecule has 1 aromatic rings. The molecule has 7 nitrogen and oxygen atoms in total. The van der Waals surface area contributed by atoms with Crippen LogP contribution in [0, 0.1) is 0 Å². The molecule has 1 amide bonds. The van der Waals surface area contributed by atoms with Gasteiger partial charge in [-0.15, -0.1) is 0 Å². The Kier molecular flexibility index (Phi) is 14.6. The van der Waals surface area contributed by atoms with Crippen LogP contribution in [0.25, 0.3) is 0 Å². The number of hydrogen-bond donors (Lipinski definition) is 1. The van der Waals surface area contributed by atoms with Crippen LogP contribution in [0.5, 0.6) is 0 Å². The van der Waals surface area contributed by atoms with Gasteiger partial charge < -0.3 is 14.8 Å². The van der Waals surface area contributed by atoms with Crippen molar-refractivity contribution in [1.82, 2.24) is 5.32 Å². The first-order valence-corrected chi connectivity index (χ1v) is 12.8. The number of esters is 2. The molecule has 0 spiro atoms. The fourth-order valence-electron chi connectivity index (χ4n) is 4.23. The molecule has 0 aliphatic heterocycles. The highest BCUT2D eigenvalue weighted by molar-refractivity contribution is 5.96. The minimum absolute atomic E-state index is 0.166. The molecule has 35 heavy (non-hydrogen) atoms. The van der Waals surface area contributed by atoms with E-state index >= 15 is 0 Å². The first-order chi connectivity index (χ1) is 16.7. The summed E-state index contributed by atoms with van der Waals surface area (Å²) in [6, 6.07) is 7.69. The number of rotatable bonds is 18. The summed E-state index contributed by atoms with van der Waals surface area (Å²) in [5, 5.41) is 3.07. The van der Waals surface area contributed by atoms with Crippen LogP contribution in [0.4, 0.5) is 0 Å². The predicted molar refractivity (Wildman–Crippen MR) is 136 cm³/mol. The van der Waals surface area contributed by atoms with E-state index in [1.807, 2.05) is 24.3 Å². The van der Waals surface area contributed by atoms with Gasteiger partial charge in [0.2, 0.25) is 5.91 Å². The van der Waals surface area contributed by atoms with Crippen LogP contribution in [0.15, 0.2) is 24.3 Å². The van der Waals surface area contributed by atoms with E-state index in [9.17, 15) is 19.2 Å². The highest BCUT2D eigenvalue weighted by Crippen LogP contribution is 2.25. The molecule has 0 aromatic heterocycles. The second-order valence-corrected chi connectivity index (χ2v) is 9.28. The molecule has 1 unspecified atom stereocenters. The smallest absolute Gasteiger partial charge is 0.302 e. The van der Waals surface area contributed by atoms with Crippen molar-refractivity contribution in [2.45, 2.75) is 104 Å². The van der Waals surface area contributed by atoms with Gasteiger partial charge in [0.25, 0.3) is 0 Å². The molecule has 0 saturated carbocycles. The summed E-state index contributed by atoms with van der Waals surface area (Å²) < 4.78 is 10.2. The lowest BCUT2D eigenvalue weighted by Gasteiger charge is -2.35. The molecular formula is C28H43NO6. The van der Waals surface area contributed by atoms with E-state index in [4.69, 9.17) is 9.47 Å². The van der Waals surface area contributed by atoms with Crippen molar-refractivity contribution >= 4 is 23.6 Å². The van der Waals surface area contributed by atoms with Gasteiger partial charge in [0.1, 0.15) is 0 Å². The monoisotopic (exact) mass is 489 g/mol. The number of unbranched alkanes of at least 4 members (excludes halogenated alkanes) is 4. The van der Waals surface area contributed by atoms with Gasteiger partial charge in [-0.2, -0.15) is 0 Å². The number of carbonyl (C=O) groups excluding carboxylic acids is 4. The quantitative estimate of drug-likeness (QED) is 0.170. The number of ketones is 1. The van der Waals surface area contributed by atoms with Crippen molar-refractivity contribution in [2.24, 2.45) is 0 Å². The molecule has 0 fully saturated rings. The van der Waals surface area contributed by atoms with Crippen LogP contribution in [-0.4, -0.2) is 42.4 Å². The third kappa shape index (κ3) is 13.7. The first kappa shape index (κ1) is 30.3. The summed E-state index contributed by atoms with van der Waals surface area (Å²) in [6.07, 6.45) is 9.09. The zero-order valence-corrected chi connectivity index (χ0v) is 22.0. The number of Topliss-reactive ketones (excluding diaryl/α,β-unsaturated/α-hetero) is 1. The van der Waals surface area contributed by atoms with Gasteiger partial charge in [0, 0.05) is 44.7 Å². The standard InChI is InChI=1S/C28H43NO6/c1-5-6-7-8-9-11-27(33)26-14-12-25(13-15-26)16-18-28(29-22(2)30,19-21-35-24(4)32)17-10-20-34-23(3)31/h12-15H,5-11,16-21H2,1-4H3,(H,29,30). The maximum absolute atomic E-state index is 12.5. The lowest BCUT2D eigenvalue weighted by atomic mass is 9.83. The van der Waals surface area contributed by atoms with Crippen molar-refractivity contribution in [1.29, 1.82) is 0 Å². The molecule has 0 radical (unpaired) electrons. The Balaban J connectivity index is 2.79. The molecule has 0 aliphatic carbocycles. The van der Waals surface area contributed by atoms with Gasteiger partial charge in [-0.1, -0.05) is 56.9 Å². The van der Waals surface area contributed by atoms with Crippen LogP contribution < -0.4 is 5.32 Å². The highest BCUT2D eigenvalue weighted by atomic mass is 16.5. The average Bonchev–Trinajstić information content (AvgIpc) is 2.80. The molecule has 0 bridgehead atoms. The normalized spacial score (nSPS) is 12.5. The molecule has 0 aliphatic rings. The van der Waals surface area contributed by atoms with Gasteiger partial charge in [-0.3, -0.25) is 19.2 Å². The van der Waals surface area contributed by atoms with E-state index in [0.29, 0.717) is 38.5 Å². The zero-order chi connectivity index (χ0) is 26.1. The second-order valence-electron chi connectivity index (χ2n) is 9.28. The molecular weight excluding hydrogens is 446 g/mol. The molecule has 1 rings (SSSR count). The Bertz CT molecular complexity index is 804. The molecule has 0 heterocycles. The Labute approximate surface area is 210 Å². The molecule has 1 atom stereocenters. The van der Waals surface area contributed by atoms with E-state index in [-0.39, 0.29) is 36.8 Å². The maximum Gasteiger partial charge on any atom is 0.302 e. The Morgan fingerprint density at radius 3 is 2.00 bits per heavy atom. The van der Waals surface area contributed by atoms with Gasteiger partial charge >= 0.3 is 11.9 Å². The number of carbonyl (C=O) groups is 4. The molecule has 196 valence electrons. The van der Waals surface area contributed by atoms with Gasteiger partial charge in [-0.25, -0.2) is 0 Å². The SMILES string of the molecule is CCCCCCCC(=O)c1ccc(CCC(CCCOC(C)=O)(CCOC(C)=O)NC(C)=O)cc1. The summed E-state index contributed by atoms with van der Waals surface area (Å²) in [4.78, 5) is 46.9. The minimum Gasteiger partial charge on any atom is -0.466 e. The number of aryl methyl sites for hydroxylation is 1.